The van der Waals surface area contributed by atoms with Crippen molar-refractivity contribution >= 4 is 23.4 Å². The van der Waals surface area contributed by atoms with Gasteiger partial charge in [-0.1, -0.05) is 12.2 Å². The van der Waals surface area contributed by atoms with Gasteiger partial charge in [0, 0.05) is 25.0 Å². The number of carbonyl (C=O) groups is 1. The van der Waals surface area contributed by atoms with Crippen LogP contribution in [-0.2, 0) is 17.5 Å². The number of nitrogens with one attached hydrogen (secondary N) is 2. The number of rotatable bonds is 6. The predicted molar refractivity (Wildman–Crippen MR) is 99.0 cm³/mol. The Morgan fingerprint density at radius 2 is 2.07 bits per heavy atom. The quantitative estimate of drug-likeness (QED) is 0.635. The van der Waals surface area contributed by atoms with Crippen LogP contribution in [0.3, 0.4) is 0 Å². The zero-order valence-corrected chi connectivity index (χ0v) is 15.5. The molecule has 1 saturated carbocycles. The van der Waals surface area contributed by atoms with Crippen molar-refractivity contribution in [2.45, 2.75) is 32.1 Å². The number of nitrogens with two attached hydrogens (primary N) is 1. The molecule has 29 heavy (non-hydrogen) atoms. The molecule has 2 heterocycles. The topological polar surface area (TPSA) is 111 Å². The van der Waals surface area contributed by atoms with Crippen molar-refractivity contribution in [3.63, 3.8) is 0 Å². The van der Waals surface area contributed by atoms with E-state index in [2.05, 4.69) is 25.7 Å². The highest BCUT2D eigenvalue weighted by Gasteiger charge is 2.48. The first-order valence-corrected chi connectivity index (χ1v) is 9.24. The average molecular weight is 407 g/mol. The van der Waals surface area contributed by atoms with Gasteiger partial charge in [-0.3, -0.25) is 9.48 Å². The van der Waals surface area contributed by atoms with Crippen LogP contribution in [0.1, 0.15) is 18.9 Å². The molecule has 1 amide bonds. The number of amides is 1. The van der Waals surface area contributed by atoms with Crippen molar-refractivity contribution in [3.8, 4) is 0 Å². The van der Waals surface area contributed by atoms with Crippen LogP contribution in [0.15, 0.2) is 30.7 Å². The Bertz CT molecular complexity index is 955. The molecule has 4 N–H and O–H groups in total. The number of hydrogen-bond acceptors (Lipinski definition) is 6. The van der Waals surface area contributed by atoms with Crippen LogP contribution in [-0.4, -0.2) is 31.7 Å². The fourth-order valence-electron chi connectivity index (χ4n) is 4.05. The van der Waals surface area contributed by atoms with Crippen molar-refractivity contribution in [1.82, 2.24) is 19.7 Å². The lowest BCUT2D eigenvalue weighted by atomic mass is 9.88. The van der Waals surface area contributed by atoms with Crippen LogP contribution in [0, 0.1) is 17.8 Å². The van der Waals surface area contributed by atoms with E-state index in [1.54, 1.807) is 10.9 Å². The van der Waals surface area contributed by atoms with E-state index in [1.807, 2.05) is 19.1 Å². The number of halogens is 3. The van der Waals surface area contributed by atoms with Gasteiger partial charge in [-0.15, -0.1) is 0 Å². The summed E-state index contributed by atoms with van der Waals surface area (Å²) in [7, 11) is 0. The highest BCUT2D eigenvalue weighted by atomic mass is 19.4. The van der Waals surface area contributed by atoms with E-state index in [0.29, 0.717) is 18.7 Å². The minimum atomic E-state index is -4.65. The lowest BCUT2D eigenvalue weighted by molar-refractivity contribution is -0.137. The number of fused-ring (bicyclic) bond motifs is 2. The van der Waals surface area contributed by atoms with E-state index in [9.17, 15) is 18.0 Å². The molecule has 4 rings (SSSR count). The van der Waals surface area contributed by atoms with E-state index in [1.165, 1.54) is 6.20 Å². The van der Waals surface area contributed by atoms with Crippen molar-refractivity contribution in [3.05, 3.63) is 36.3 Å². The van der Waals surface area contributed by atoms with Crippen LogP contribution in [0.4, 0.5) is 30.6 Å². The monoisotopic (exact) mass is 407 g/mol. The first kappa shape index (κ1) is 19.2. The minimum Gasteiger partial charge on any atom is -0.369 e. The summed E-state index contributed by atoms with van der Waals surface area (Å²) in [6.07, 6.45) is 3.79. The Hall–Kier alpha value is -3.11. The van der Waals surface area contributed by atoms with Gasteiger partial charge in [-0.25, -0.2) is 4.98 Å². The maximum atomic E-state index is 13.5. The number of allylic oxidation sites excluding steroid dienone is 1. The van der Waals surface area contributed by atoms with Crippen LogP contribution in [0.5, 0.6) is 0 Å². The number of primary amides is 1. The summed E-state index contributed by atoms with van der Waals surface area (Å²) in [6.45, 7) is 2.56. The summed E-state index contributed by atoms with van der Waals surface area (Å²) in [5.74, 6) is -1.65. The van der Waals surface area contributed by atoms with E-state index in [4.69, 9.17) is 5.73 Å². The maximum Gasteiger partial charge on any atom is 0.421 e. The first-order chi connectivity index (χ1) is 13.8. The molecule has 2 aliphatic rings. The third kappa shape index (κ3) is 3.64. The molecule has 154 valence electrons. The molecule has 11 heteroatoms. The summed E-state index contributed by atoms with van der Waals surface area (Å²) >= 11 is 0. The fourth-order valence-corrected chi connectivity index (χ4v) is 4.05. The molecule has 1 fully saturated rings. The van der Waals surface area contributed by atoms with Gasteiger partial charge in [0.15, 0.2) is 0 Å². The highest BCUT2D eigenvalue weighted by molar-refractivity contribution is 5.80. The van der Waals surface area contributed by atoms with Crippen LogP contribution < -0.4 is 16.4 Å². The standard InChI is InChI=1S/C18H20F3N7O/c1-2-28-8-11(6-24-28)25-17-23-7-12(18(19,20)21)16(27-17)26-14-10-4-3-9(5-10)13(14)15(22)29/h3-4,6-10,13-14H,2,5H2,1H3,(H2,22,29)(H2,23,25,26,27)/t9-,10-,13-,14+/m0/s1. The molecule has 0 aliphatic heterocycles. The molecular formula is C18H20F3N7O. The molecule has 8 nitrogen and oxygen atoms in total. The molecule has 0 saturated heterocycles. The molecule has 0 aromatic carbocycles. The van der Waals surface area contributed by atoms with Gasteiger partial charge in [0.25, 0.3) is 0 Å². The molecular weight excluding hydrogens is 387 g/mol. The van der Waals surface area contributed by atoms with E-state index < -0.39 is 29.6 Å². The number of hydrogen-bond donors (Lipinski definition) is 3. The third-order valence-electron chi connectivity index (χ3n) is 5.40. The minimum absolute atomic E-state index is 0.00882. The molecule has 0 unspecified atom stereocenters. The van der Waals surface area contributed by atoms with Crippen molar-refractivity contribution in [1.29, 1.82) is 0 Å². The molecule has 4 atom stereocenters. The second-order valence-electron chi connectivity index (χ2n) is 7.21. The normalized spacial score (nSPS) is 25.4. The summed E-state index contributed by atoms with van der Waals surface area (Å²) in [4.78, 5) is 19.7. The summed E-state index contributed by atoms with van der Waals surface area (Å²) in [5, 5.41) is 9.78. The van der Waals surface area contributed by atoms with Gasteiger partial charge in [0.2, 0.25) is 11.9 Å². The van der Waals surface area contributed by atoms with Crippen molar-refractivity contribution < 1.29 is 18.0 Å². The van der Waals surface area contributed by atoms with Gasteiger partial charge >= 0.3 is 6.18 Å². The van der Waals surface area contributed by atoms with E-state index in [-0.39, 0.29) is 23.6 Å². The van der Waals surface area contributed by atoms with Crippen molar-refractivity contribution in [2.24, 2.45) is 23.5 Å². The van der Waals surface area contributed by atoms with Gasteiger partial charge < -0.3 is 16.4 Å². The van der Waals surface area contributed by atoms with Crippen LogP contribution in [0.25, 0.3) is 0 Å². The lowest BCUT2D eigenvalue weighted by Gasteiger charge is -2.28. The zero-order valence-electron chi connectivity index (χ0n) is 15.5. The number of aryl methyl sites for hydroxylation is 1. The van der Waals surface area contributed by atoms with Gasteiger partial charge in [0.1, 0.15) is 11.4 Å². The smallest absolute Gasteiger partial charge is 0.369 e. The molecule has 2 bridgehead atoms. The van der Waals surface area contributed by atoms with Crippen molar-refractivity contribution in [2.75, 3.05) is 10.6 Å². The zero-order chi connectivity index (χ0) is 20.8. The summed E-state index contributed by atoms with van der Waals surface area (Å²) in [5.41, 5.74) is 5.06. The largest absolute Gasteiger partial charge is 0.421 e. The number of nitrogens with zero attached hydrogens (tertiary/aromatic N) is 4. The number of carbonyl (C=O) groups excluding carboxylic acids is 1. The van der Waals surface area contributed by atoms with Gasteiger partial charge in [-0.2, -0.15) is 23.3 Å². The molecule has 0 radical (unpaired) electrons. The SMILES string of the molecule is CCn1cc(Nc2ncc(C(F)(F)F)c(N[C@H]3[C@@H](C(N)=O)[C@H]4C=C[C@H]3C4)n2)cn1. The van der Waals surface area contributed by atoms with E-state index >= 15 is 0 Å². The summed E-state index contributed by atoms with van der Waals surface area (Å²) in [6, 6.07) is -0.547. The number of aromatic nitrogens is 4. The molecule has 2 aromatic rings. The fraction of sp³-hybridized carbons (Fsp3) is 0.444. The Labute approximate surface area is 164 Å². The van der Waals surface area contributed by atoms with Gasteiger partial charge in [0.05, 0.1) is 17.8 Å². The van der Waals surface area contributed by atoms with Crippen LogP contribution >= 0.6 is 0 Å². The second kappa shape index (κ2) is 7.05. The second-order valence-corrected chi connectivity index (χ2v) is 7.21. The first-order valence-electron chi connectivity index (χ1n) is 9.24. The summed E-state index contributed by atoms with van der Waals surface area (Å²) < 4.78 is 42.2. The Kier molecular flexibility index (Phi) is 4.67. The molecule has 2 aromatic heterocycles. The van der Waals surface area contributed by atoms with E-state index in [0.717, 1.165) is 6.20 Å². The Balaban J connectivity index is 1.64. The third-order valence-corrected chi connectivity index (χ3v) is 5.40. The highest BCUT2D eigenvalue weighted by Crippen LogP contribution is 2.45. The molecule has 2 aliphatic carbocycles. The predicted octanol–water partition coefficient (Wildman–Crippen LogP) is 2.54. The Morgan fingerprint density at radius 1 is 1.31 bits per heavy atom. The Morgan fingerprint density at radius 3 is 2.72 bits per heavy atom. The number of anilines is 3. The van der Waals surface area contributed by atoms with Crippen LogP contribution in [0.2, 0.25) is 0 Å². The van der Waals surface area contributed by atoms with Gasteiger partial charge in [-0.05, 0) is 25.2 Å². The number of alkyl halides is 3. The lowest BCUT2D eigenvalue weighted by Crippen LogP contribution is -2.41. The average Bonchev–Trinajstić information content (AvgIpc) is 3.36. The maximum absolute atomic E-state index is 13.5. The molecule has 0 spiro atoms.